The van der Waals surface area contributed by atoms with Crippen molar-refractivity contribution in [1.82, 2.24) is 0 Å². The number of para-hydroxylation sites is 1. The van der Waals surface area contributed by atoms with Crippen LogP contribution in [0, 0.1) is 0 Å². The average Bonchev–Trinajstić information content (AvgIpc) is 2.81. The monoisotopic (exact) mass is 367 g/mol. The van der Waals surface area contributed by atoms with Gasteiger partial charge in [-0.3, -0.25) is 14.5 Å². The Labute approximate surface area is 135 Å². The summed E-state index contributed by atoms with van der Waals surface area (Å²) in [6.07, 6.45) is 0. The lowest BCUT2D eigenvalue weighted by Gasteiger charge is -2.15. The van der Waals surface area contributed by atoms with E-state index in [2.05, 4.69) is 20.7 Å². The van der Waals surface area contributed by atoms with Gasteiger partial charge in [0.2, 0.25) is 0 Å². The Bertz CT molecular complexity index is 668. The van der Waals surface area contributed by atoms with E-state index in [0.29, 0.717) is 11.3 Å². The van der Waals surface area contributed by atoms with E-state index in [-0.39, 0.29) is 23.0 Å². The first kappa shape index (κ1) is 16.2. The number of benzene rings is 1. The van der Waals surface area contributed by atoms with Crippen molar-refractivity contribution in [2.75, 3.05) is 31.0 Å². The number of hydrogen-bond acceptors (Lipinski definition) is 5. The molecule has 0 saturated heterocycles. The third-order valence-corrected chi connectivity index (χ3v) is 3.87. The van der Waals surface area contributed by atoms with Crippen LogP contribution in [0.1, 0.15) is 5.56 Å². The Kier molecular flexibility index (Phi) is 4.97. The molecule has 0 unspecified atom stereocenters. The quantitative estimate of drug-likeness (QED) is 0.458. The number of esters is 2. The summed E-state index contributed by atoms with van der Waals surface area (Å²) >= 11 is 3.21. The number of alkyl halides is 1. The van der Waals surface area contributed by atoms with E-state index in [9.17, 15) is 14.4 Å². The maximum absolute atomic E-state index is 12.7. The second kappa shape index (κ2) is 6.74. The molecule has 22 heavy (non-hydrogen) atoms. The van der Waals surface area contributed by atoms with Crippen LogP contribution in [-0.2, 0) is 23.9 Å². The van der Waals surface area contributed by atoms with Gasteiger partial charge in [0, 0.05) is 10.9 Å². The van der Waals surface area contributed by atoms with E-state index >= 15 is 0 Å². The van der Waals surface area contributed by atoms with Crippen molar-refractivity contribution in [3.05, 3.63) is 35.4 Å². The van der Waals surface area contributed by atoms with Gasteiger partial charge in [0.15, 0.2) is 0 Å². The van der Waals surface area contributed by atoms with Gasteiger partial charge in [0.1, 0.15) is 6.54 Å². The zero-order valence-corrected chi connectivity index (χ0v) is 13.7. The molecule has 0 N–H and O–H groups in total. The fraction of sp³-hybridized carbons (Fsp3) is 0.267. The Hall–Kier alpha value is -2.15. The minimum Gasteiger partial charge on any atom is -0.468 e. The van der Waals surface area contributed by atoms with E-state index in [0.717, 1.165) is 0 Å². The van der Waals surface area contributed by atoms with Crippen molar-refractivity contribution >= 4 is 45.0 Å². The first-order valence-electron chi connectivity index (χ1n) is 6.40. The highest BCUT2D eigenvalue weighted by atomic mass is 79.9. The van der Waals surface area contributed by atoms with Gasteiger partial charge in [0.05, 0.1) is 31.1 Å². The number of fused-ring (bicyclic) bond motifs is 1. The number of methoxy groups -OCH3 is 2. The highest BCUT2D eigenvalue weighted by Crippen LogP contribution is 2.38. The van der Waals surface area contributed by atoms with Crippen LogP contribution in [0.5, 0.6) is 0 Å². The molecule has 1 aliphatic heterocycles. The molecule has 7 heteroatoms. The zero-order valence-electron chi connectivity index (χ0n) is 12.1. The van der Waals surface area contributed by atoms with Gasteiger partial charge < -0.3 is 9.47 Å². The fourth-order valence-corrected chi connectivity index (χ4v) is 2.78. The third-order valence-electron chi connectivity index (χ3n) is 3.31. The molecule has 1 aliphatic rings. The SMILES string of the molecule is COC(=O)CN1C(=O)C(=C(CBr)C(=O)OC)c2ccccc21. The van der Waals surface area contributed by atoms with Crippen molar-refractivity contribution in [2.24, 2.45) is 0 Å². The van der Waals surface area contributed by atoms with Crippen LogP contribution in [0.4, 0.5) is 5.69 Å². The summed E-state index contributed by atoms with van der Waals surface area (Å²) in [4.78, 5) is 37.4. The minimum atomic E-state index is -0.588. The number of halogens is 1. The molecule has 0 saturated carbocycles. The Balaban J connectivity index is 2.59. The molecule has 0 aromatic heterocycles. The van der Waals surface area contributed by atoms with E-state index in [1.165, 1.54) is 19.1 Å². The Morgan fingerprint density at radius 3 is 2.45 bits per heavy atom. The van der Waals surface area contributed by atoms with Crippen molar-refractivity contribution in [3.8, 4) is 0 Å². The van der Waals surface area contributed by atoms with Crippen LogP contribution in [0.3, 0.4) is 0 Å². The molecule has 0 spiro atoms. The van der Waals surface area contributed by atoms with Crippen LogP contribution in [0.2, 0.25) is 0 Å². The topological polar surface area (TPSA) is 72.9 Å². The number of nitrogens with zero attached hydrogens (tertiary/aromatic N) is 1. The average molecular weight is 368 g/mol. The van der Waals surface area contributed by atoms with Crippen molar-refractivity contribution in [2.45, 2.75) is 0 Å². The maximum Gasteiger partial charge on any atom is 0.335 e. The van der Waals surface area contributed by atoms with Crippen LogP contribution >= 0.6 is 15.9 Å². The van der Waals surface area contributed by atoms with Crippen LogP contribution in [0.25, 0.3) is 5.57 Å². The Morgan fingerprint density at radius 2 is 1.86 bits per heavy atom. The number of rotatable bonds is 4. The normalized spacial score (nSPS) is 15.4. The summed E-state index contributed by atoms with van der Waals surface area (Å²) in [5, 5.41) is 0.168. The molecule has 0 atom stereocenters. The van der Waals surface area contributed by atoms with Gasteiger partial charge >= 0.3 is 11.9 Å². The van der Waals surface area contributed by atoms with Crippen LogP contribution in [0.15, 0.2) is 29.8 Å². The molecule has 1 aromatic rings. The molecule has 6 nitrogen and oxygen atoms in total. The standard InChI is InChI=1S/C15H14BrNO5/c1-21-12(18)8-17-11-6-4-3-5-9(11)13(14(17)19)10(7-16)15(20)22-2/h3-6H,7-8H2,1-2H3. The zero-order chi connectivity index (χ0) is 16.3. The summed E-state index contributed by atoms with van der Waals surface area (Å²) in [7, 11) is 2.51. The van der Waals surface area contributed by atoms with Crippen LogP contribution in [-0.4, -0.2) is 43.9 Å². The molecular weight excluding hydrogens is 354 g/mol. The minimum absolute atomic E-state index is 0.168. The predicted molar refractivity (Wildman–Crippen MR) is 83.5 cm³/mol. The molecule has 0 radical (unpaired) electrons. The number of hydrogen-bond donors (Lipinski definition) is 0. The molecule has 1 heterocycles. The van der Waals surface area contributed by atoms with Crippen molar-refractivity contribution in [3.63, 3.8) is 0 Å². The molecule has 1 amide bonds. The summed E-state index contributed by atoms with van der Waals surface area (Å²) in [5.74, 6) is -1.55. The summed E-state index contributed by atoms with van der Waals surface area (Å²) in [6.45, 7) is -0.216. The first-order valence-corrected chi connectivity index (χ1v) is 7.52. The highest BCUT2D eigenvalue weighted by molar-refractivity contribution is 9.09. The molecule has 0 bridgehead atoms. The fourth-order valence-electron chi connectivity index (χ4n) is 2.27. The van der Waals surface area contributed by atoms with E-state index in [4.69, 9.17) is 4.74 Å². The van der Waals surface area contributed by atoms with E-state index in [1.54, 1.807) is 24.3 Å². The van der Waals surface area contributed by atoms with Gasteiger partial charge in [-0.05, 0) is 6.07 Å². The van der Waals surface area contributed by atoms with Gasteiger partial charge in [-0.25, -0.2) is 4.79 Å². The molecule has 1 aromatic carbocycles. The lowest BCUT2D eigenvalue weighted by Crippen LogP contribution is -2.33. The van der Waals surface area contributed by atoms with Gasteiger partial charge in [0.25, 0.3) is 5.91 Å². The number of carbonyl (C=O) groups excluding carboxylic acids is 3. The number of anilines is 1. The molecular formula is C15H14BrNO5. The van der Waals surface area contributed by atoms with Gasteiger partial charge in [-0.2, -0.15) is 0 Å². The smallest absolute Gasteiger partial charge is 0.335 e. The molecule has 0 fully saturated rings. The van der Waals surface area contributed by atoms with E-state index in [1.807, 2.05) is 0 Å². The highest BCUT2D eigenvalue weighted by Gasteiger charge is 2.37. The molecule has 0 aliphatic carbocycles. The molecule has 116 valence electrons. The summed E-state index contributed by atoms with van der Waals surface area (Å²) in [6, 6.07) is 6.96. The number of amides is 1. The lowest BCUT2D eigenvalue weighted by molar-refractivity contribution is -0.139. The number of ether oxygens (including phenoxy) is 2. The summed E-state index contributed by atoms with van der Waals surface area (Å²) in [5.41, 5.74) is 1.61. The second-order valence-electron chi connectivity index (χ2n) is 4.46. The molecule has 2 rings (SSSR count). The lowest BCUT2D eigenvalue weighted by atomic mass is 10.0. The largest absolute Gasteiger partial charge is 0.468 e. The maximum atomic E-state index is 12.7. The van der Waals surface area contributed by atoms with Crippen LogP contribution < -0.4 is 4.90 Å². The van der Waals surface area contributed by atoms with Gasteiger partial charge in [-0.1, -0.05) is 34.1 Å². The summed E-state index contributed by atoms with van der Waals surface area (Å²) < 4.78 is 9.34. The third kappa shape index (κ3) is 2.76. The number of carbonyl (C=O) groups is 3. The second-order valence-corrected chi connectivity index (χ2v) is 5.02. The van der Waals surface area contributed by atoms with Crippen molar-refractivity contribution < 1.29 is 23.9 Å². The predicted octanol–water partition coefficient (Wildman–Crippen LogP) is 1.53. The Morgan fingerprint density at radius 1 is 1.18 bits per heavy atom. The van der Waals surface area contributed by atoms with E-state index < -0.39 is 17.8 Å². The van der Waals surface area contributed by atoms with Crippen molar-refractivity contribution in [1.29, 1.82) is 0 Å². The van der Waals surface area contributed by atoms with Gasteiger partial charge in [-0.15, -0.1) is 0 Å². The first-order chi connectivity index (χ1) is 10.5.